The van der Waals surface area contributed by atoms with Crippen molar-refractivity contribution in [2.45, 2.75) is 75.4 Å². The molecule has 138 valence electrons. The first-order valence-corrected chi connectivity index (χ1v) is 10.3. The van der Waals surface area contributed by atoms with Crippen LogP contribution in [-0.4, -0.2) is 22.4 Å². The van der Waals surface area contributed by atoms with Gasteiger partial charge in [-0.3, -0.25) is 0 Å². The monoisotopic (exact) mass is 350 g/mol. The largest absolute Gasteiger partial charge is 0.392 e. The van der Waals surface area contributed by atoms with Crippen LogP contribution in [0.2, 0.25) is 0 Å². The minimum Gasteiger partial charge on any atom is -0.392 e. The van der Waals surface area contributed by atoms with Gasteiger partial charge in [-0.2, -0.15) is 0 Å². The molecule has 0 radical (unpaired) electrons. The molecule has 2 aromatic rings. The molecule has 2 N–H and O–H groups in total. The molecule has 2 aromatic carbocycles. The zero-order chi connectivity index (χ0) is 17.9. The fourth-order valence-electron chi connectivity index (χ4n) is 5.08. The number of aliphatic hydroxyl groups excluding tert-OH is 2. The van der Waals surface area contributed by atoms with Crippen LogP contribution in [0, 0.1) is 0 Å². The van der Waals surface area contributed by atoms with Gasteiger partial charge in [-0.15, -0.1) is 0 Å². The van der Waals surface area contributed by atoms with Crippen molar-refractivity contribution in [3.05, 3.63) is 59.7 Å². The first-order chi connectivity index (χ1) is 12.8. The van der Waals surface area contributed by atoms with E-state index in [0.29, 0.717) is 0 Å². The predicted octanol–water partition coefficient (Wildman–Crippen LogP) is 5.39. The highest BCUT2D eigenvalue weighted by Gasteiger charge is 2.30. The standard InChI is InChI=1S/C24H30O2/c25-23-15-7-5-13-21(23)19-11-3-1-9-17(19)18-10-2-4-12-20(18)22-14-6-8-16-24(22)26/h1-4,9-12,21-26H,5-8,13-16H2. The lowest BCUT2D eigenvalue weighted by molar-refractivity contribution is 0.105. The van der Waals surface area contributed by atoms with Gasteiger partial charge >= 0.3 is 0 Å². The fraction of sp³-hybridized carbons (Fsp3) is 0.500. The molecule has 2 nitrogen and oxygen atoms in total. The van der Waals surface area contributed by atoms with E-state index in [1.165, 1.54) is 35.1 Å². The Balaban J connectivity index is 1.77. The summed E-state index contributed by atoms with van der Waals surface area (Å²) < 4.78 is 0. The van der Waals surface area contributed by atoms with Crippen molar-refractivity contribution in [2.75, 3.05) is 0 Å². The first-order valence-electron chi connectivity index (χ1n) is 10.3. The molecule has 0 bridgehead atoms. The Morgan fingerprint density at radius 3 is 1.35 bits per heavy atom. The predicted molar refractivity (Wildman–Crippen MR) is 106 cm³/mol. The van der Waals surface area contributed by atoms with Crippen LogP contribution in [0.15, 0.2) is 48.5 Å². The van der Waals surface area contributed by atoms with Gasteiger partial charge in [0.05, 0.1) is 12.2 Å². The smallest absolute Gasteiger partial charge is 0.0608 e. The zero-order valence-electron chi connectivity index (χ0n) is 15.5. The van der Waals surface area contributed by atoms with Crippen LogP contribution in [-0.2, 0) is 0 Å². The van der Waals surface area contributed by atoms with Crippen molar-refractivity contribution in [3.63, 3.8) is 0 Å². The lowest BCUT2D eigenvalue weighted by Crippen LogP contribution is -2.24. The first kappa shape index (κ1) is 17.8. The van der Waals surface area contributed by atoms with E-state index in [9.17, 15) is 10.2 Å². The highest BCUT2D eigenvalue weighted by atomic mass is 16.3. The van der Waals surface area contributed by atoms with Crippen molar-refractivity contribution in [1.29, 1.82) is 0 Å². The molecule has 0 saturated heterocycles. The number of aliphatic hydroxyl groups is 2. The Morgan fingerprint density at radius 1 is 0.538 bits per heavy atom. The van der Waals surface area contributed by atoms with Gasteiger partial charge < -0.3 is 10.2 Å². The SMILES string of the molecule is OC1CCCCC1c1ccccc1-c1ccccc1C1CCCCC1O. The summed E-state index contributed by atoms with van der Waals surface area (Å²) in [5, 5.41) is 21.2. The summed E-state index contributed by atoms with van der Waals surface area (Å²) in [5.74, 6) is 0.452. The third-order valence-electron chi connectivity index (χ3n) is 6.47. The molecule has 2 saturated carbocycles. The molecular formula is C24H30O2. The van der Waals surface area contributed by atoms with Gasteiger partial charge in [0.25, 0.3) is 0 Å². The number of rotatable bonds is 3. The quantitative estimate of drug-likeness (QED) is 0.779. The summed E-state index contributed by atoms with van der Waals surface area (Å²) in [6.45, 7) is 0. The second-order valence-corrected chi connectivity index (χ2v) is 8.09. The molecule has 4 rings (SSSR count). The summed E-state index contributed by atoms with van der Waals surface area (Å²) in [4.78, 5) is 0. The Kier molecular flexibility index (Phi) is 5.42. The molecule has 4 unspecified atom stereocenters. The number of hydrogen-bond acceptors (Lipinski definition) is 2. The van der Waals surface area contributed by atoms with Crippen molar-refractivity contribution < 1.29 is 10.2 Å². The van der Waals surface area contributed by atoms with E-state index < -0.39 is 0 Å². The average molecular weight is 351 g/mol. The Hall–Kier alpha value is -1.64. The Morgan fingerprint density at radius 2 is 0.923 bits per heavy atom. The fourth-order valence-corrected chi connectivity index (χ4v) is 5.08. The molecule has 2 aliphatic carbocycles. The molecule has 2 heteroatoms. The van der Waals surface area contributed by atoms with E-state index in [-0.39, 0.29) is 24.0 Å². The van der Waals surface area contributed by atoms with Gasteiger partial charge in [0.1, 0.15) is 0 Å². The topological polar surface area (TPSA) is 40.5 Å². The second-order valence-electron chi connectivity index (χ2n) is 8.09. The van der Waals surface area contributed by atoms with Gasteiger partial charge in [0, 0.05) is 11.8 Å². The zero-order valence-corrected chi connectivity index (χ0v) is 15.5. The molecule has 0 aliphatic heterocycles. The van der Waals surface area contributed by atoms with Gasteiger partial charge in [-0.1, -0.05) is 74.2 Å². The van der Waals surface area contributed by atoms with Crippen LogP contribution in [0.1, 0.15) is 74.3 Å². The molecule has 2 fully saturated rings. The lowest BCUT2D eigenvalue weighted by Gasteiger charge is -2.32. The molecule has 0 amide bonds. The molecule has 4 atom stereocenters. The summed E-state index contributed by atoms with van der Waals surface area (Å²) in [5.41, 5.74) is 5.04. The van der Waals surface area contributed by atoms with Crippen molar-refractivity contribution in [2.24, 2.45) is 0 Å². The Bertz CT molecular complexity index is 675. The summed E-state index contributed by atoms with van der Waals surface area (Å²) >= 11 is 0. The summed E-state index contributed by atoms with van der Waals surface area (Å²) in [6.07, 6.45) is 8.10. The third kappa shape index (κ3) is 3.45. The van der Waals surface area contributed by atoms with E-state index in [2.05, 4.69) is 48.5 Å². The van der Waals surface area contributed by atoms with Crippen molar-refractivity contribution in [1.82, 2.24) is 0 Å². The second kappa shape index (κ2) is 7.94. The van der Waals surface area contributed by atoms with E-state index in [0.717, 1.165) is 38.5 Å². The summed E-state index contributed by atoms with van der Waals surface area (Å²) in [6, 6.07) is 17.2. The van der Waals surface area contributed by atoms with Gasteiger partial charge in [-0.05, 0) is 47.9 Å². The Labute approximate surface area is 156 Å². The number of benzene rings is 2. The van der Waals surface area contributed by atoms with Crippen molar-refractivity contribution >= 4 is 0 Å². The van der Waals surface area contributed by atoms with E-state index in [1.54, 1.807) is 0 Å². The molecular weight excluding hydrogens is 320 g/mol. The lowest BCUT2D eigenvalue weighted by atomic mass is 9.75. The highest BCUT2D eigenvalue weighted by Crippen LogP contribution is 2.42. The van der Waals surface area contributed by atoms with E-state index in [1.807, 2.05) is 0 Å². The maximum Gasteiger partial charge on any atom is 0.0608 e. The molecule has 2 aliphatic rings. The maximum absolute atomic E-state index is 10.6. The van der Waals surface area contributed by atoms with Gasteiger partial charge in [0.2, 0.25) is 0 Å². The normalized spacial score (nSPS) is 29.5. The van der Waals surface area contributed by atoms with Gasteiger partial charge in [0.15, 0.2) is 0 Å². The number of hydrogen-bond donors (Lipinski definition) is 2. The molecule has 26 heavy (non-hydrogen) atoms. The molecule has 0 spiro atoms. The molecule has 0 aromatic heterocycles. The van der Waals surface area contributed by atoms with Gasteiger partial charge in [-0.25, -0.2) is 0 Å². The van der Waals surface area contributed by atoms with E-state index in [4.69, 9.17) is 0 Å². The van der Waals surface area contributed by atoms with Crippen LogP contribution in [0.4, 0.5) is 0 Å². The van der Waals surface area contributed by atoms with Crippen LogP contribution in [0.3, 0.4) is 0 Å². The van der Waals surface area contributed by atoms with Crippen LogP contribution in [0.25, 0.3) is 11.1 Å². The third-order valence-corrected chi connectivity index (χ3v) is 6.47. The minimum atomic E-state index is -0.239. The minimum absolute atomic E-state index is 0.226. The average Bonchev–Trinajstić information content (AvgIpc) is 2.69. The maximum atomic E-state index is 10.6. The summed E-state index contributed by atoms with van der Waals surface area (Å²) in [7, 11) is 0. The van der Waals surface area contributed by atoms with Crippen molar-refractivity contribution in [3.8, 4) is 11.1 Å². The molecule has 0 heterocycles. The van der Waals surface area contributed by atoms with Crippen LogP contribution in [0.5, 0.6) is 0 Å². The van der Waals surface area contributed by atoms with Crippen LogP contribution >= 0.6 is 0 Å². The highest BCUT2D eigenvalue weighted by molar-refractivity contribution is 5.72. The van der Waals surface area contributed by atoms with E-state index >= 15 is 0 Å². The van der Waals surface area contributed by atoms with Crippen LogP contribution < -0.4 is 0 Å².